The van der Waals surface area contributed by atoms with Crippen molar-refractivity contribution in [3.05, 3.63) is 71.8 Å². The van der Waals surface area contributed by atoms with Crippen LogP contribution >= 0.6 is 0 Å². The summed E-state index contributed by atoms with van der Waals surface area (Å²) in [6.07, 6.45) is -0.0302. The normalized spacial score (nSPS) is 19.0. The molecule has 1 unspecified atom stereocenters. The van der Waals surface area contributed by atoms with E-state index in [4.69, 9.17) is 4.74 Å². The fraction of sp³-hybridized carbons (Fsp3) is 0.200. The Morgan fingerprint density at radius 1 is 1.00 bits per heavy atom. The van der Waals surface area contributed by atoms with Gasteiger partial charge in [0.2, 0.25) is 5.54 Å². The molecule has 0 N–H and O–H groups in total. The van der Waals surface area contributed by atoms with Gasteiger partial charge in [0, 0.05) is 12.0 Å². The first-order valence-corrected chi connectivity index (χ1v) is 8.12. The fourth-order valence-corrected chi connectivity index (χ4v) is 3.02. The maximum atomic E-state index is 13.0. The molecule has 1 amide bonds. The van der Waals surface area contributed by atoms with Gasteiger partial charge in [-0.15, -0.1) is 0 Å². The minimum Gasteiger partial charge on any atom is -0.467 e. The number of Topliss-reactive ketones (excluding diaryl/α,β-unsaturated/α-hetero) is 1. The molecule has 1 heterocycles. The molecule has 0 spiro atoms. The van der Waals surface area contributed by atoms with Crippen molar-refractivity contribution >= 4 is 23.4 Å². The molecule has 0 aromatic heterocycles. The summed E-state index contributed by atoms with van der Waals surface area (Å²) in [5.74, 6) is -1.83. The summed E-state index contributed by atoms with van der Waals surface area (Å²) >= 11 is 0. The van der Waals surface area contributed by atoms with Gasteiger partial charge < -0.3 is 4.74 Å². The number of nitrogens with zero attached hydrogens (tertiary/aromatic N) is 2. The smallest absolute Gasteiger partial charge is 0.342 e. The van der Waals surface area contributed by atoms with Crippen molar-refractivity contribution in [1.82, 2.24) is 5.01 Å². The molecule has 1 aliphatic rings. The lowest BCUT2D eigenvalue weighted by Crippen LogP contribution is -2.57. The first-order chi connectivity index (χ1) is 12.5. The Bertz CT molecular complexity index is 877. The SMILES string of the molecule is COC(=O)C1(C(C)=O)CC(c2ccccc2)=NN1C(=O)c1ccccc1. The van der Waals surface area contributed by atoms with Crippen LogP contribution in [0.15, 0.2) is 65.8 Å². The average molecular weight is 350 g/mol. The molecule has 0 saturated carbocycles. The molecular weight excluding hydrogens is 332 g/mol. The van der Waals surface area contributed by atoms with Crippen molar-refractivity contribution in [2.45, 2.75) is 18.9 Å². The van der Waals surface area contributed by atoms with E-state index in [0.29, 0.717) is 11.3 Å². The Morgan fingerprint density at radius 3 is 2.12 bits per heavy atom. The van der Waals surface area contributed by atoms with Gasteiger partial charge in [0.05, 0.1) is 12.8 Å². The highest BCUT2D eigenvalue weighted by Crippen LogP contribution is 2.34. The van der Waals surface area contributed by atoms with Gasteiger partial charge in [0.25, 0.3) is 5.91 Å². The summed E-state index contributed by atoms with van der Waals surface area (Å²) in [7, 11) is 1.19. The number of rotatable bonds is 4. The van der Waals surface area contributed by atoms with Crippen LogP contribution in [-0.2, 0) is 14.3 Å². The molecular formula is C20H18N2O4. The second-order valence-electron chi connectivity index (χ2n) is 5.98. The molecule has 1 atom stereocenters. The lowest BCUT2D eigenvalue weighted by Gasteiger charge is -2.31. The average Bonchev–Trinajstić information content (AvgIpc) is 3.10. The van der Waals surface area contributed by atoms with Gasteiger partial charge in [0.15, 0.2) is 5.78 Å². The van der Waals surface area contributed by atoms with Crippen molar-refractivity contribution in [3.63, 3.8) is 0 Å². The zero-order valence-electron chi connectivity index (χ0n) is 14.5. The van der Waals surface area contributed by atoms with Gasteiger partial charge in [-0.25, -0.2) is 9.80 Å². The predicted octanol–water partition coefficient (Wildman–Crippen LogP) is 2.44. The molecule has 2 aromatic carbocycles. The Morgan fingerprint density at radius 2 is 1.58 bits per heavy atom. The van der Waals surface area contributed by atoms with Crippen LogP contribution in [0.3, 0.4) is 0 Å². The van der Waals surface area contributed by atoms with Crippen LogP contribution in [0.5, 0.6) is 0 Å². The van der Waals surface area contributed by atoms with Crippen molar-refractivity contribution < 1.29 is 19.1 Å². The first-order valence-electron chi connectivity index (χ1n) is 8.12. The summed E-state index contributed by atoms with van der Waals surface area (Å²) < 4.78 is 4.87. The van der Waals surface area contributed by atoms with Crippen LogP contribution in [0, 0.1) is 0 Å². The number of methoxy groups -OCH3 is 1. The number of hydrazone groups is 1. The van der Waals surface area contributed by atoms with E-state index in [2.05, 4.69) is 5.10 Å². The van der Waals surface area contributed by atoms with Gasteiger partial charge in [0.1, 0.15) is 0 Å². The monoisotopic (exact) mass is 350 g/mol. The Balaban J connectivity index is 2.13. The second kappa shape index (κ2) is 6.92. The van der Waals surface area contributed by atoms with Crippen LogP contribution in [0.25, 0.3) is 0 Å². The Labute approximate surface area is 151 Å². The van der Waals surface area contributed by atoms with Crippen molar-refractivity contribution in [3.8, 4) is 0 Å². The molecule has 6 nitrogen and oxygen atoms in total. The van der Waals surface area contributed by atoms with Gasteiger partial charge in [-0.2, -0.15) is 5.10 Å². The lowest BCUT2D eigenvalue weighted by atomic mass is 9.87. The highest BCUT2D eigenvalue weighted by Gasteiger charge is 2.57. The van der Waals surface area contributed by atoms with E-state index in [1.807, 2.05) is 30.3 Å². The second-order valence-corrected chi connectivity index (χ2v) is 5.98. The molecule has 132 valence electrons. The summed E-state index contributed by atoms with van der Waals surface area (Å²) in [5, 5.41) is 5.33. The van der Waals surface area contributed by atoms with E-state index in [-0.39, 0.29) is 6.42 Å². The Hall–Kier alpha value is -3.28. The quantitative estimate of drug-likeness (QED) is 0.627. The third kappa shape index (κ3) is 2.79. The molecule has 0 bridgehead atoms. The number of benzene rings is 2. The molecule has 26 heavy (non-hydrogen) atoms. The molecule has 0 radical (unpaired) electrons. The predicted molar refractivity (Wildman–Crippen MR) is 95.6 cm³/mol. The van der Waals surface area contributed by atoms with E-state index in [1.165, 1.54) is 14.0 Å². The zero-order valence-corrected chi connectivity index (χ0v) is 14.5. The van der Waals surface area contributed by atoms with Gasteiger partial charge in [-0.05, 0) is 24.6 Å². The number of hydrogen-bond donors (Lipinski definition) is 0. The van der Waals surface area contributed by atoms with Crippen molar-refractivity contribution in [1.29, 1.82) is 0 Å². The zero-order chi connectivity index (χ0) is 18.7. The largest absolute Gasteiger partial charge is 0.467 e. The van der Waals surface area contributed by atoms with Crippen molar-refractivity contribution in [2.24, 2.45) is 5.10 Å². The number of ketones is 1. The summed E-state index contributed by atoms with van der Waals surface area (Å²) in [5.41, 5.74) is -0.242. The highest BCUT2D eigenvalue weighted by molar-refractivity contribution is 6.19. The number of amides is 1. The molecule has 0 saturated heterocycles. The van der Waals surface area contributed by atoms with Crippen LogP contribution in [0.2, 0.25) is 0 Å². The van der Waals surface area contributed by atoms with E-state index in [1.54, 1.807) is 30.3 Å². The summed E-state index contributed by atoms with van der Waals surface area (Å²) in [6.45, 7) is 1.27. The minimum absolute atomic E-state index is 0.0302. The number of carbonyl (C=O) groups is 3. The van der Waals surface area contributed by atoms with E-state index in [0.717, 1.165) is 10.6 Å². The Kier molecular flexibility index (Phi) is 4.67. The van der Waals surface area contributed by atoms with E-state index in [9.17, 15) is 14.4 Å². The maximum Gasteiger partial charge on any atom is 0.342 e. The van der Waals surface area contributed by atoms with Gasteiger partial charge >= 0.3 is 5.97 Å². The van der Waals surface area contributed by atoms with Crippen molar-refractivity contribution in [2.75, 3.05) is 7.11 Å². The summed E-state index contributed by atoms with van der Waals surface area (Å²) in [4.78, 5) is 38.1. The number of hydrogen-bond acceptors (Lipinski definition) is 5. The molecule has 3 rings (SSSR count). The van der Waals surface area contributed by atoms with E-state index < -0.39 is 23.2 Å². The lowest BCUT2D eigenvalue weighted by molar-refractivity contribution is -0.157. The third-order valence-corrected chi connectivity index (χ3v) is 4.43. The number of esters is 1. The molecule has 2 aromatic rings. The van der Waals surface area contributed by atoms with Crippen LogP contribution in [0.4, 0.5) is 0 Å². The molecule has 6 heteroatoms. The fourth-order valence-electron chi connectivity index (χ4n) is 3.02. The molecule has 0 aliphatic carbocycles. The third-order valence-electron chi connectivity index (χ3n) is 4.43. The van der Waals surface area contributed by atoms with Crippen LogP contribution in [0.1, 0.15) is 29.3 Å². The highest BCUT2D eigenvalue weighted by atomic mass is 16.5. The molecule has 1 aliphatic heterocycles. The summed E-state index contributed by atoms with van der Waals surface area (Å²) in [6, 6.07) is 17.6. The van der Waals surface area contributed by atoms with E-state index >= 15 is 0 Å². The number of ether oxygens (including phenoxy) is 1. The first kappa shape index (κ1) is 17.5. The maximum absolute atomic E-state index is 13.0. The minimum atomic E-state index is -1.80. The topological polar surface area (TPSA) is 76.0 Å². The number of carbonyl (C=O) groups excluding carboxylic acids is 3. The molecule has 0 fully saturated rings. The van der Waals surface area contributed by atoms with Gasteiger partial charge in [-0.1, -0.05) is 48.5 Å². The van der Waals surface area contributed by atoms with Crippen LogP contribution in [-0.4, -0.2) is 41.0 Å². The van der Waals surface area contributed by atoms with Crippen LogP contribution < -0.4 is 0 Å². The van der Waals surface area contributed by atoms with Gasteiger partial charge in [-0.3, -0.25) is 9.59 Å². The standard InChI is InChI=1S/C20H18N2O4/c1-14(23)20(19(25)26-2)13-17(15-9-5-3-6-10-15)21-22(20)18(24)16-11-7-4-8-12-16/h3-12H,13H2,1-2H3.